The highest BCUT2D eigenvalue weighted by Gasteiger charge is 2.30. The molecule has 9 nitrogen and oxygen atoms in total. The Bertz CT molecular complexity index is 858. The summed E-state index contributed by atoms with van der Waals surface area (Å²) in [6.45, 7) is 8.48. The molecule has 0 radical (unpaired) electrons. The van der Waals surface area contributed by atoms with E-state index >= 15 is 0 Å². The third-order valence-corrected chi connectivity index (χ3v) is 6.56. The van der Waals surface area contributed by atoms with E-state index in [2.05, 4.69) is 5.32 Å². The molecule has 0 saturated carbocycles. The molecule has 1 N–H and O–H groups in total. The van der Waals surface area contributed by atoms with Gasteiger partial charge in [-0.2, -0.15) is 4.31 Å². The van der Waals surface area contributed by atoms with Crippen LogP contribution in [0.2, 0.25) is 0 Å². The minimum Gasteiger partial charge on any atom is -0.357 e. The molecule has 1 amide bonds. The van der Waals surface area contributed by atoms with Crippen LogP contribution < -0.4 is 10.2 Å². The number of anilines is 1. The van der Waals surface area contributed by atoms with Gasteiger partial charge in [0.2, 0.25) is 15.9 Å². The minimum atomic E-state index is -3.78. The number of likely N-dealkylation sites (N-methyl/N-ethyl adjacent to an activating group) is 1. The lowest BCUT2D eigenvalue weighted by Gasteiger charge is -2.27. The SMILES string of the molecule is CCN(CC(=O)NC(C)(C)C)c1ccc(S(=O)(=O)N2CCCCC2)cc1[N+](=O)[O-]. The van der Waals surface area contributed by atoms with Crippen molar-refractivity contribution < 1.29 is 18.1 Å². The largest absolute Gasteiger partial charge is 0.357 e. The van der Waals surface area contributed by atoms with Gasteiger partial charge in [-0.25, -0.2) is 8.42 Å². The van der Waals surface area contributed by atoms with Crippen LogP contribution in [0.15, 0.2) is 23.1 Å². The molecule has 1 aliphatic rings. The molecule has 0 unspecified atom stereocenters. The maximum Gasteiger partial charge on any atom is 0.293 e. The van der Waals surface area contributed by atoms with Crippen molar-refractivity contribution in [3.05, 3.63) is 28.3 Å². The lowest BCUT2D eigenvalue weighted by Crippen LogP contribution is -2.46. The number of nitro benzene ring substituents is 1. The molecule has 0 bridgehead atoms. The van der Waals surface area contributed by atoms with E-state index in [0.717, 1.165) is 25.3 Å². The van der Waals surface area contributed by atoms with Gasteiger partial charge >= 0.3 is 0 Å². The van der Waals surface area contributed by atoms with Gasteiger partial charge in [-0.15, -0.1) is 0 Å². The summed E-state index contributed by atoms with van der Waals surface area (Å²) >= 11 is 0. The second-order valence-corrected chi connectivity index (χ2v) is 10.1. The number of nitrogens with one attached hydrogen (secondary N) is 1. The number of piperidine rings is 1. The van der Waals surface area contributed by atoms with Crippen LogP contribution in [-0.2, 0) is 14.8 Å². The summed E-state index contributed by atoms with van der Waals surface area (Å²) in [6, 6.07) is 3.91. The Kier molecular flexibility index (Phi) is 7.23. The first-order valence-electron chi connectivity index (χ1n) is 9.80. The molecule has 1 aromatic carbocycles. The van der Waals surface area contributed by atoms with Gasteiger partial charge in [-0.05, 0) is 52.7 Å². The lowest BCUT2D eigenvalue weighted by molar-refractivity contribution is -0.384. The van der Waals surface area contributed by atoms with Gasteiger partial charge in [0.05, 0.1) is 16.4 Å². The van der Waals surface area contributed by atoms with Crippen molar-refractivity contribution in [1.82, 2.24) is 9.62 Å². The van der Waals surface area contributed by atoms with Gasteiger partial charge in [0.1, 0.15) is 5.69 Å². The van der Waals surface area contributed by atoms with E-state index in [1.165, 1.54) is 16.4 Å². The maximum atomic E-state index is 12.9. The summed E-state index contributed by atoms with van der Waals surface area (Å²) in [4.78, 5) is 24.8. The zero-order valence-electron chi connectivity index (χ0n) is 17.5. The van der Waals surface area contributed by atoms with Crippen molar-refractivity contribution in [2.45, 2.75) is 57.4 Å². The van der Waals surface area contributed by atoms with Gasteiger partial charge in [0.15, 0.2) is 0 Å². The summed E-state index contributed by atoms with van der Waals surface area (Å²) in [5.41, 5.74) is -0.526. The number of sulfonamides is 1. The van der Waals surface area contributed by atoms with E-state index < -0.39 is 20.5 Å². The molecule has 0 aromatic heterocycles. The molecule has 1 saturated heterocycles. The molecule has 1 heterocycles. The Labute approximate surface area is 172 Å². The Morgan fingerprint density at radius 2 is 1.86 bits per heavy atom. The monoisotopic (exact) mass is 426 g/mol. The van der Waals surface area contributed by atoms with E-state index in [1.807, 2.05) is 20.8 Å². The molecule has 29 heavy (non-hydrogen) atoms. The van der Waals surface area contributed by atoms with Crippen molar-refractivity contribution in [1.29, 1.82) is 0 Å². The number of rotatable bonds is 7. The molecular formula is C19H30N4O5S. The van der Waals surface area contributed by atoms with E-state index in [4.69, 9.17) is 0 Å². The standard InChI is InChI=1S/C19H30N4O5S/c1-5-21(14-18(24)20-19(2,3)4)16-10-9-15(13-17(16)23(25)26)29(27,28)22-11-7-6-8-12-22/h9-10,13H,5-8,11-12,14H2,1-4H3,(H,20,24). The van der Waals surface area contributed by atoms with Crippen LogP contribution in [0.1, 0.15) is 47.0 Å². The number of nitrogens with zero attached hydrogens (tertiary/aromatic N) is 3. The van der Waals surface area contributed by atoms with Crippen LogP contribution in [0.25, 0.3) is 0 Å². The van der Waals surface area contributed by atoms with E-state index in [0.29, 0.717) is 19.6 Å². The van der Waals surface area contributed by atoms with Crippen LogP contribution in [0, 0.1) is 10.1 Å². The summed E-state index contributed by atoms with van der Waals surface area (Å²) in [7, 11) is -3.78. The Morgan fingerprint density at radius 3 is 2.38 bits per heavy atom. The highest BCUT2D eigenvalue weighted by atomic mass is 32.2. The van der Waals surface area contributed by atoms with Crippen LogP contribution in [0.4, 0.5) is 11.4 Å². The van der Waals surface area contributed by atoms with Crippen molar-refractivity contribution in [2.75, 3.05) is 31.1 Å². The van der Waals surface area contributed by atoms with Crippen LogP contribution in [0.3, 0.4) is 0 Å². The smallest absolute Gasteiger partial charge is 0.293 e. The highest BCUT2D eigenvalue weighted by Crippen LogP contribution is 2.32. The average Bonchev–Trinajstić information content (AvgIpc) is 2.65. The topological polar surface area (TPSA) is 113 Å². The molecular weight excluding hydrogens is 396 g/mol. The molecule has 0 spiro atoms. The summed E-state index contributed by atoms with van der Waals surface area (Å²) < 4.78 is 27.1. The lowest BCUT2D eigenvalue weighted by atomic mass is 10.1. The van der Waals surface area contributed by atoms with E-state index in [9.17, 15) is 23.3 Å². The Balaban J connectivity index is 2.35. The Hall–Kier alpha value is -2.20. The fourth-order valence-corrected chi connectivity index (χ4v) is 4.87. The summed E-state index contributed by atoms with van der Waals surface area (Å²) in [5, 5.41) is 14.5. The normalized spacial score (nSPS) is 15.7. The second-order valence-electron chi connectivity index (χ2n) is 8.18. The number of benzene rings is 1. The number of hydrogen-bond acceptors (Lipinski definition) is 6. The third kappa shape index (κ3) is 5.89. The van der Waals surface area contributed by atoms with Crippen molar-refractivity contribution >= 4 is 27.3 Å². The predicted molar refractivity (Wildman–Crippen MR) is 111 cm³/mol. The number of carbonyl (C=O) groups excluding carboxylic acids is 1. The fraction of sp³-hybridized carbons (Fsp3) is 0.632. The molecule has 1 aromatic rings. The predicted octanol–water partition coefficient (Wildman–Crippen LogP) is 2.51. The first-order valence-corrected chi connectivity index (χ1v) is 11.2. The number of hydrogen-bond donors (Lipinski definition) is 1. The molecule has 2 rings (SSSR count). The quantitative estimate of drug-likeness (QED) is 0.529. The van der Waals surface area contributed by atoms with Crippen molar-refractivity contribution in [3.63, 3.8) is 0 Å². The second kappa shape index (κ2) is 9.08. The fourth-order valence-electron chi connectivity index (χ4n) is 3.33. The van der Waals surface area contributed by atoms with Crippen LogP contribution in [0.5, 0.6) is 0 Å². The van der Waals surface area contributed by atoms with Crippen LogP contribution >= 0.6 is 0 Å². The van der Waals surface area contributed by atoms with E-state index in [-0.39, 0.29) is 28.7 Å². The average molecular weight is 427 g/mol. The number of nitro groups is 1. The molecule has 162 valence electrons. The minimum absolute atomic E-state index is 0.0627. The summed E-state index contributed by atoms with van der Waals surface area (Å²) in [6.07, 6.45) is 2.55. The molecule has 0 atom stereocenters. The van der Waals surface area contributed by atoms with Crippen LogP contribution in [-0.4, -0.2) is 55.3 Å². The third-order valence-electron chi connectivity index (χ3n) is 4.67. The molecule has 10 heteroatoms. The van der Waals surface area contributed by atoms with Crippen molar-refractivity contribution in [3.8, 4) is 0 Å². The molecule has 1 fully saturated rings. The zero-order valence-corrected chi connectivity index (χ0v) is 18.3. The van der Waals surface area contributed by atoms with Gasteiger partial charge in [0.25, 0.3) is 5.69 Å². The Morgan fingerprint density at radius 1 is 1.24 bits per heavy atom. The summed E-state index contributed by atoms with van der Waals surface area (Å²) in [5.74, 6) is -0.265. The van der Waals surface area contributed by atoms with Gasteiger partial charge in [0, 0.05) is 31.2 Å². The first-order chi connectivity index (χ1) is 13.5. The maximum absolute atomic E-state index is 12.9. The van der Waals surface area contributed by atoms with Crippen molar-refractivity contribution in [2.24, 2.45) is 0 Å². The molecule has 1 aliphatic heterocycles. The van der Waals surface area contributed by atoms with Gasteiger partial charge < -0.3 is 10.2 Å². The first kappa shape index (κ1) is 23.1. The van der Waals surface area contributed by atoms with Gasteiger partial charge in [-0.1, -0.05) is 6.42 Å². The van der Waals surface area contributed by atoms with E-state index in [1.54, 1.807) is 11.8 Å². The number of carbonyl (C=O) groups is 1. The zero-order chi connectivity index (χ0) is 21.8. The molecule has 0 aliphatic carbocycles. The number of amides is 1. The highest BCUT2D eigenvalue weighted by molar-refractivity contribution is 7.89. The van der Waals surface area contributed by atoms with Gasteiger partial charge in [-0.3, -0.25) is 14.9 Å².